The normalized spacial score (nSPS) is 16.1. The van der Waals surface area contributed by atoms with Crippen molar-refractivity contribution >= 4 is 10.9 Å². The predicted molar refractivity (Wildman–Crippen MR) is 153 cm³/mol. The molecular formula is C30H38N6O4. The minimum Gasteiger partial charge on any atom is -0.493 e. The van der Waals surface area contributed by atoms with Crippen molar-refractivity contribution in [3.05, 3.63) is 75.3 Å². The average molecular weight is 547 g/mol. The fraction of sp³-hybridized carbons (Fsp3) is 0.467. The van der Waals surface area contributed by atoms with Gasteiger partial charge in [-0.05, 0) is 77.7 Å². The molecule has 1 aliphatic rings. The van der Waals surface area contributed by atoms with Crippen LogP contribution in [0.15, 0.2) is 47.3 Å². The van der Waals surface area contributed by atoms with E-state index in [0.717, 1.165) is 60.1 Å². The first-order valence-electron chi connectivity index (χ1n) is 13.9. The number of para-hydroxylation sites is 1. The van der Waals surface area contributed by atoms with Crippen molar-refractivity contribution in [2.75, 3.05) is 27.4 Å². The number of aromatic nitrogens is 5. The summed E-state index contributed by atoms with van der Waals surface area (Å²) in [5.41, 5.74) is 3.67. The molecule has 10 heteroatoms. The van der Waals surface area contributed by atoms with E-state index >= 15 is 0 Å². The van der Waals surface area contributed by atoms with E-state index < -0.39 is 0 Å². The van der Waals surface area contributed by atoms with Crippen LogP contribution in [-0.4, -0.2) is 63.6 Å². The summed E-state index contributed by atoms with van der Waals surface area (Å²) < 4.78 is 18.7. The molecule has 1 fully saturated rings. The topological polar surface area (TPSA) is 107 Å². The van der Waals surface area contributed by atoms with E-state index in [1.54, 1.807) is 14.2 Å². The van der Waals surface area contributed by atoms with Crippen molar-refractivity contribution < 1.29 is 14.2 Å². The molecule has 40 heavy (non-hydrogen) atoms. The number of H-pyrrole nitrogens is 1. The van der Waals surface area contributed by atoms with Gasteiger partial charge < -0.3 is 19.2 Å². The van der Waals surface area contributed by atoms with Gasteiger partial charge in [-0.3, -0.25) is 9.69 Å². The summed E-state index contributed by atoms with van der Waals surface area (Å²) in [7, 11) is 3.27. The molecule has 1 aliphatic heterocycles. The minimum atomic E-state index is -0.0934. The number of tetrazole rings is 1. The zero-order chi connectivity index (χ0) is 28.1. The summed E-state index contributed by atoms with van der Waals surface area (Å²) in [6.45, 7) is 6.69. The average Bonchev–Trinajstić information content (AvgIpc) is 3.65. The summed E-state index contributed by atoms with van der Waals surface area (Å²) >= 11 is 0. The summed E-state index contributed by atoms with van der Waals surface area (Å²) in [5.74, 6) is 2.18. The summed E-state index contributed by atoms with van der Waals surface area (Å²) in [6.07, 6.45) is 3.70. The SMILES string of the molecule is CC[C@H](c1nnnn1C[C@H]1CCCO1)N(CCc1ccc(OC)c(OC)c1)Cc1cc2cccc(C)c2[nH]c1=O. The van der Waals surface area contributed by atoms with Crippen molar-refractivity contribution in [2.45, 2.75) is 64.8 Å². The number of pyridine rings is 1. The second kappa shape index (κ2) is 12.6. The molecule has 2 atom stereocenters. The van der Waals surface area contributed by atoms with E-state index in [1.165, 1.54) is 0 Å². The molecule has 1 N–H and O–H groups in total. The van der Waals surface area contributed by atoms with E-state index in [-0.39, 0.29) is 17.7 Å². The highest BCUT2D eigenvalue weighted by Crippen LogP contribution is 2.30. The summed E-state index contributed by atoms with van der Waals surface area (Å²) in [6, 6.07) is 14.0. The van der Waals surface area contributed by atoms with E-state index in [0.29, 0.717) is 36.7 Å². The number of aryl methyl sites for hydroxylation is 1. The maximum absolute atomic E-state index is 13.3. The van der Waals surface area contributed by atoms with Gasteiger partial charge in [0.2, 0.25) is 0 Å². The largest absolute Gasteiger partial charge is 0.493 e. The molecule has 2 aromatic carbocycles. The lowest BCUT2D eigenvalue weighted by Gasteiger charge is -2.30. The van der Waals surface area contributed by atoms with Gasteiger partial charge in [0.05, 0.1) is 38.4 Å². The number of nitrogens with zero attached hydrogens (tertiary/aromatic N) is 5. The quantitative estimate of drug-likeness (QED) is 0.282. The smallest absolute Gasteiger partial charge is 0.252 e. The van der Waals surface area contributed by atoms with Gasteiger partial charge in [0.25, 0.3) is 5.56 Å². The van der Waals surface area contributed by atoms with Crippen LogP contribution in [0.3, 0.4) is 0 Å². The number of methoxy groups -OCH3 is 2. The van der Waals surface area contributed by atoms with Gasteiger partial charge in [0.1, 0.15) is 0 Å². The Morgan fingerprint density at radius 3 is 2.77 bits per heavy atom. The van der Waals surface area contributed by atoms with E-state index in [2.05, 4.69) is 32.3 Å². The van der Waals surface area contributed by atoms with Crippen molar-refractivity contribution in [1.29, 1.82) is 0 Å². The van der Waals surface area contributed by atoms with Crippen LogP contribution in [0.25, 0.3) is 10.9 Å². The van der Waals surface area contributed by atoms with Crippen LogP contribution in [0.4, 0.5) is 0 Å². The van der Waals surface area contributed by atoms with Crippen LogP contribution in [-0.2, 0) is 24.2 Å². The number of hydrogen-bond acceptors (Lipinski definition) is 8. The third kappa shape index (κ3) is 6.03. The number of aromatic amines is 1. The number of fused-ring (bicyclic) bond motifs is 1. The van der Waals surface area contributed by atoms with Gasteiger partial charge in [-0.15, -0.1) is 5.10 Å². The molecule has 3 heterocycles. The Labute approximate surface area is 234 Å². The highest BCUT2D eigenvalue weighted by atomic mass is 16.5. The van der Waals surface area contributed by atoms with Gasteiger partial charge in [-0.1, -0.05) is 31.2 Å². The molecule has 5 rings (SSSR count). The van der Waals surface area contributed by atoms with Crippen LogP contribution in [0.2, 0.25) is 0 Å². The van der Waals surface area contributed by atoms with E-state index in [1.807, 2.05) is 54.1 Å². The zero-order valence-electron chi connectivity index (χ0n) is 23.7. The number of nitrogens with one attached hydrogen (secondary N) is 1. The minimum absolute atomic E-state index is 0.0771. The molecule has 0 bridgehead atoms. The lowest BCUT2D eigenvalue weighted by atomic mass is 10.1. The molecule has 0 radical (unpaired) electrons. The standard InChI is InChI=1S/C30H38N6O4/c1-5-25(29-32-33-34-36(29)19-24-10-7-15-40-24)35(14-13-21-11-12-26(38-3)27(16-21)39-4)18-23-17-22-9-6-8-20(2)28(22)31-30(23)37/h6,8-9,11-12,16-17,24-25H,5,7,10,13-15,18-19H2,1-4H3,(H,31,37)/t24-,25-/m1/s1. The van der Waals surface area contributed by atoms with Crippen molar-refractivity contribution in [2.24, 2.45) is 0 Å². The first-order chi connectivity index (χ1) is 19.5. The second-order valence-corrected chi connectivity index (χ2v) is 10.4. The summed E-state index contributed by atoms with van der Waals surface area (Å²) in [5, 5.41) is 13.8. The lowest BCUT2D eigenvalue weighted by molar-refractivity contribution is 0.0893. The van der Waals surface area contributed by atoms with Crippen LogP contribution in [0, 0.1) is 6.92 Å². The third-order valence-corrected chi connectivity index (χ3v) is 7.76. The maximum Gasteiger partial charge on any atom is 0.252 e. The van der Waals surface area contributed by atoms with Gasteiger partial charge in [-0.25, -0.2) is 4.68 Å². The first-order valence-corrected chi connectivity index (χ1v) is 13.9. The molecule has 0 unspecified atom stereocenters. The Morgan fingerprint density at radius 1 is 1.18 bits per heavy atom. The van der Waals surface area contributed by atoms with Crippen LogP contribution >= 0.6 is 0 Å². The van der Waals surface area contributed by atoms with Crippen LogP contribution in [0.5, 0.6) is 11.5 Å². The molecule has 4 aromatic rings. The van der Waals surface area contributed by atoms with Crippen molar-refractivity contribution in [1.82, 2.24) is 30.1 Å². The molecule has 0 spiro atoms. The van der Waals surface area contributed by atoms with Gasteiger partial charge in [0, 0.05) is 25.3 Å². The van der Waals surface area contributed by atoms with Gasteiger partial charge in [0.15, 0.2) is 17.3 Å². The molecule has 10 nitrogen and oxygen atoms in total. The summed E-state index contributed by atoms with van der Waals surface area (Å²) in [4.78, 5) is 18.7. The third-order valence-electron chi connectivity index (χ3n) is 7.76. The fourth-order valence-electron chi connectivity index (χ4n) is 5.58. The maximum atomic E-state index is 13.3. The zero-order valence-corrected chi connectivity index (χ0v) is 23.7. The van der Waals surface area contributed by atoms with E-state index in [9.17, 15) is 4.79 Å². The molecule has 0 amide bonds. The second-order valence-electron chi connectivity index (χ2n) is 10.4. The lowest BCUT2D eigenvalue weighted by Crippen LogP contribution is -2.34. The monoisotopic (exact) mass is 546 g/mol. The van der Waals surface area contributed by atoms with Crippen LogP contribution < -0.4 is 15.0 Å². The van der Waals surface area contributed by atoms with Gasteiger partial charge >= 0.3 is 0 Å². The molecule has 1 saturated heterocycles. The molecule has 212 valence electrons. The number of benzene rings is 2. The van der Waals surface area contributed by atoms with Gasteiger partial charge in [-0.2, -0.15) is 0 Å². The Balaban J connectivity index is 1.47. The predicted octanol–water partition coefficient (Wildman–Crippen LogP) is 4.22. The van der Waals surface area contributed by atoms with Crippen molar-refractivity contribution in [3.8, 4) is 11.5 Å². The Bertz CT molecular complexity index is 1490. The highest BCUT2D eigenvalue weighted by Gasteiger charge is 2.28. The Hall–Kier alpha value is -3.76. The Morgan fingerprint density at radius 2 is 2.02 bits per heavy atom. The first kappa shape index (κ1) is 27.8. The van der Waals surface area contributed by atoms with E-state index in [4.69, 9.17) is 14.2 Å². The number of hydrogen-bond donors (Lipinski definition) is 1. The van der Waals surface area contributed by atoms with Crippen molar-refractivity contribution in [3.63, 3.8) is 0 Å². The molecular weight excluding hydrogens is 508 g/mol. The van der Waals surface area contributed by atoms with Crippen LogP contribution in [0.1, 0.15) is 54.7 Å². The molecule has 0 saturated carbocycles. The molecule has 2 aromatic heterocycles. The Kier molecular flexibility index (Phi) is 8.76. The number of ether oxygens (including phenoxy) is 3. The molecule has 0 aliphatic carbocycles. The fourth-order valence-corrected chi connectivity index (χ4v) is 5.58. The number of rotatable bonds is 12. The highest BCUT2D eigenvalue weighted by molar-refractivity contribution is 5.81.